The van der Waals surface area contributed by atoms with Crippen LogP contribution in [0.4, 0.5) is 4.39 Å². The van der Waals surface area contributed by atoms with Gasteiger partial charge in [0, 0.05) is 6.07 Å². The van der Waals surface area contributed by atoms with E-state index in [1.165, 1.54) is 12.1 Å². The lowest BCUT2D eigenvalue weighted by atomic mass is 10.1. The van der Waals surface area contributed by atoms with Gasteiger partial charge < -0.3 is 9.84 Å². The van der Waals surface area contributed by atoms with Crippen LogP contribution in [0, 0.1) is 5.82 Å². The lowest BCUT2D eigenvalue weighted by molar-refractivity contribution is 0.199. The summed E-state index contributed by atoms with van der Waals surface area (Å²) in [6, 6.07) is 9.50. The highest BCUT2D eigenvalue weighted by molar-refractivity contribution is 9.11. The summed E-state index contributed by atoms with van der Waals surface area (Å²) < 4.78 is 20.2. The molecule has 2 rings (SSSR count). The Balaban J connectivity index is 2.31. The molecular weight excluding hydrogens is 379 g/mol. The zero-order valence-corrected chi connectivity index (χ0v) is 13.2. The summed E-state index contributed by atoms with van der Waals surface area (Å²) in [5, 5.41) is 9.49. The third-order valence-electron chi connectivity index (χ3n) is 2.55. The summed E-state index contributed by atoms with van der Waals surface area (Å²) in [5.41, 5.74) is 0.775. The van der Waals surface area contributed by atoms with E-state index in [0.717, 1.165) is 5.56 Å². The average Bonchev–Trinajstić information content (AvgIpc) is 2.36. The largest absolute Gasteiger partial charge is 0.455 e. The second-order valence-electron chi connectivity index (χ2n) is 4.04. The van der Waals surface area contributed by atoms with Crippen molar-refractivity contribution in [3.63, 3.8) is 0 Å². The minimum absolute atomic E-state index is 0.366. The number of ether oxygens (including phenoxy) is 1. The number of aliphatic hydroxyl groups is 1. The van der Waals surface area contributed by atoms with Crippen LogP contribution in [-0.4, -0.2) is 5.11 Å². The van der Waals surface area contributed by atoms with Crippen LogP contribution in [0.15, 0.2) is 45.3 Å². The van der Waals surface area contributed by atoms with Crippen LogP contribution in [0.2, 0.25) is 0 Å². The Morgan fingerprint density at radius 3 is 2.42 bits per heavy atom. The minimum Gasteiger partial charge on any atom is -0.455 e. The second kappa shape index (κ2) is 6.03. The summed E-state index contributed by atoms with van der Waals surface area (Å²) in [6.07, 6.45) is -0.550. The van der Waals surface area contributed by atoms with Gasteiger partial charge in [-0.3, -0.25) is 0 Å². The molecule has 0 saturated heterocycles. The molecule has 5 heteroatoms. The van der Waals surface area contributed by atoms with Crippen molar-refractivity contribution in [1.82, 2.24) is 0 Å². The van der Waals surface area contributed by atoms with Gasteiger partial charge in [-0.1, -0.05) is 6.07 Å². The quantitative estimate of drug-likeness (QED) is 0.781. The standard InChI is InChI=1S/C14H11Br2FO2/c1-8(18)9-2-5-13(12(16)6-9)19-14-7-10(17)3-4-11(14)15/h2-8,18H,1H3/t8-/m0/s1. The van der Waals surface area contributed by atoms with Crippen LogP contribution in [0.3, 0.4) is 0 Å². The van der Waals surface area contributed by atoms with Crippen molar-refractivity contribution in [1.29, 1.82) is 0 Å². The first kappa shape index (κ1) is 14.5. The van der Waals surface area contributed by atoms with Crippen LogP contribution >= 0.6 is 31.9 Å². The van der Waals surface area contributed by atoms with Gasteiger partial charge in [-0.05, 0) is 68.6 Å². The molecule has 0 amide bonds. The van der Waals surface area contributed by atoms with Crippen molar-refractivity contribution >= 4 is 31.9 Å². The Kier molecular flexibility index (Phi) is 4.60. The summed E-state index contributed by atoms with van der Waals surface area (Å²) in [6.45, 7) is 1.69. The number of rotatable bonds is 3. The fraction of sp³-hybridized carbons (Fsp3) is 0.143. The molecule has 0 saturated carbocycles. The normalized spacial score (nSPS) is 12.3. The Morgan fingerprint density at radius 2 is 1.79 bits per heavy atom. The van der Waals surface area contributed by atoms with Crippen molar-refractivity contribution in [2.24, 2.45) is 0 Å². The molecule has 2 aromatic carbocycles. The van der Waals surface area contributed by atoms with E-state index in [1.807, 2.05) is 0 Å². The Labute approximate surface area is 127 Å². The molecule has 0 radical (unpaired) electrons. The summed E-state index contributed by atoms with van der Waals surface area (Å²) >= 11 is 6.67. The number of aliphatic hydroxyl groups excluding tert-OH is 1. The smallest absolute Gasteiger partial charge is 0.144 e. The molecule has 2 aromatic rings. The molecule has 0 spiro atoms. The first-order valence-electron chi connectivity index (χ1n) is 5.58. The molecular formula is C14H11Br2FO2. The lowest BCUT2D eigenvalue weighted by Gasteiger charge is -2.12. The molecule has 100 valence electrons. The van der Waals surface area contributed by atoms with E-state index in [-0.39, 0.29) is 5.82 Å². The van der Waals surface area contributed by atoms with Gasteiger partial charge in [-0.2, -0.15) is 0 Å². The van der Waals surface area contributed by atoms with Crippen LogP contribution < -0.4 is 4.74 Å². The van der Waals surface area contributed by atoms with Gasteiger partial charge in [0.05, 0.1) is 15.0 Å². The maximum Gasteiger partial charge on any atom is 0.144 e. The first-order valence-corrected chi connectivity index (χ1v) is 7.16. The predicted molar refractivity (Wildman–Crippen MR) is 78.9 cm³/mol. The molecule has 0 aliphatic rings. The van der Waals surface area contributed by atoms with Gasteiger partial charge in [-0.25, -0.2) is 4.39 Å². The van der Waals surface area contributed by atoms with E-state index < -0.39 is 6.10 Å². The van der Waals surface area contributed by atoms with E-state index >= 15 is 0 Å². The fourth-order valence-electron chi connectivity index (χ4n) is 1.53. The zero-order valence-electron chi connectivity index (χ0n) is 10.0. The minimum atomic E-state index is -0.550. The highest BCUT2D eigenvalue weighted by atomic mass is 79.9. The number of hydrogen-bond donors (Lipinski definition) is 1. The third-order valence-corrected chi connectivity index (χ3v) is 3.83. The Bertz CT molecular complexity index is 600. The monoisotopic (exact) mass is 388 g/mol. The van der Waals surface area contributed by atoms with E-state index in [9.17, 15) is 9.50 Å². The molecule has 2 nitrogen and oxygen atoms in total. The van der Waals surface area contributed by atoms with Crippen LogP contribution in [-0.2, 0) is 0 Å². The third kappa shape index (κ3) is 3.55. The molecule has 0 heterocycles. The number of hydrogen-bond acceptors (Lipinski definition) is 2. The van der Waals surface area contributed by atoms with E-state index in [4.69, 9.17) is 4.74 Å². The van der Waals surface area contributed by atoms with Crippen molar-refractivity contribution in [3.05, 3.63) is 56.7 Å². The maximum atomic E-state index is 13.2. The molecule has 1 atom stereocenters. The molecule has 0 unspecified atom stereocenters. The van der Waals surface area contributed by atoms with Crippen molar-refractivity contribution < 1.29 is 14.2 Å². The van der Waals surface area contributed by atoms with Crippen LogP contribution in [0.5, 0.6) is 11.5 Å². The number of halogens is 3. The highest BCUT2D eigenvalue weighted by Crippen LogP contribution is 2.35. The van der Waals surface area contributed by atoms with Gasteiger partial charge in [-0.15, -0.1) is 0 Å². The molecule has 0 aromatic heterocycles. The van der Waals surface area contributed by atoms with Gasteiger partial charge in [0.1, 0.15) is 17.3 Å². The van der Waals surface area contributed by atoms with E-state index in [0.29, 0.717) is 20.4 Å². The van der Waals surface area contributed by atoms with Crippen LogP contribution in [0.1, 0.15) is 18.6 Å². The molecule has 0 aliphatic heterocycles. The van der Waals surface area contributed by atoms with Crippen LogP contribution in [0.25, 0.3) is 0 Å². The van der Waals surface area contributed by atoms with E-state index in [2.05, 4.69) is 31.9 Å². The first-order chi connectivity index (χ1) is 8.97. The predicted octanol–water partition coefficient (Wildman–Crippen LogP) is 5.20. The Hall–Kier alpha value is -0.910. The van der Waals surface area contributed by atoms with Gasteiger partial charge in [0.15, 0.2) is 0 Å². The summed E-state index contributed by atoms with van der Waals surface area (Å²) in [7, 11) is 0. The maximum absolute atomic E-state index is 13.2. The van der Waals surface area contributed by atoms with Gasteiger partial charge in [0.2, 0.25) is 0 Å². The number of benzene rings is 2. The molecule has 19 heavy (non-hydrogen) atoms. The van der Waals surface area contributed by atoms with Crippen molar-refractivity contribution in [3.8, 4) is 11.5 Å². The summed E-state index contributed by atoms with van der Waals surface area (Å²) in [4.78, 5) is 0. The molecule has 1 N–H and O–H groups in total. The topological polar surface area (TPSA) is 29.5 Å². The van der Waals surface area contributed by atoms with Gasteiger partial charge in [0.25, 0.3) is 0 Å². The summed E-state index contributed by atoms with van der Waals surface area (Å²) in [5.74, 6) is 0.580. The molecule has 0 bridgehead atoms. The molecule has 0 aliphatic carbocycles. The zero-order chi connectivity index (χ0) is 14.0. The fourth-order valence-corrected chi connectivity index (χ4v) is 2.34. The lowest BCUT2D eigenvalue weighted by Crippen LogP contribution is -1.93. The SMILES string of the molecule is C[C@H](O)c1ccc(Oc2cc(F)ccc2Br)c(Br)c1. The van der Waals surface area contributed by atoms with E-state index in [1.54, 1.807) is 31.2 Å². The second-order valence-corrected chi connectivity index (χ2v) is 5.75. The average molecular weight is 390 g/mol. The Morgan fingerprint density at radius 1 is 1.05 bits per heavy atom. The van der Waals surface area contributed by atoms with Crippen molar-refractivity contribution in [2.45, 2.75) is 13.0 Å². The van der Waals surface area contributed by atoms with Gasteiger partial charge >= 0.3 is 0 Å². The van der Waals surface area contributed by atoms with Crippen molar-refractivity contribution in [2.75, 3.05) is 0 Å². The highest BCUT2D eigenvalue weighted by Gasteiger charge is 2.09. The molecule has 0 fully saturated rings.